The predicted octanol–water partition coefficient (Wildman–Crippen LogP) is -1.54. The number of aliphatic hydroxyl groups is 1. The monoisotopic (exact) mass is 148 g/mol. The molecule has 0 radical (unpaired) electrons. The highest BCUT2D eigenvalue weighted by Gasteiger charge is 2.23. The first-order valence-corrected chi connectivity index (χ1v) is 2.91. The van der Waals surface area contributed by atoms with Gasteiger partial charge in [0.15, 0.2) is 0 Å². The summed E-state index contributed by atoms with van der Waals surface area (Å²) in [4.78, 5) is 10.0. The maximum atomic E-state index is 10.0. The Morgan fingerprint density at radius 3 is 2.40 bits per heavy atom. The molecular weight excluding hydrogens is 136 g/mol. The molecule has 0 saturated heterocycles. The van der Waals surface area contributed by atoms with E-state index in [2.05, 4.69) is 0 Å². The Morgan fingerprint density at radius 2 is 2.10 bits per heavy atom. The van der Waals surface area contributed by atoms with Gasteiger partial charge in [-0.15, -0.1) is 0 Å². The second kappa shape index (κ2) is 3.50. The summed E-state index contributed by atoms with van der Waals surface area (Å²) in [6, 6.07) is 0. The fourth-order valence-corrected chi connectivity index (χ4v) is 0.600. The van der Waals surface area contributed by atoms with Gasteiger partial charge in [-0.2, -0.15) is 0 Å². The molecule has 0 aromatic carbocycles. The van der Waals surface area contributed by atoms with E-state index in [4.69, 9.17) is 21.7 Å². The predicted molar refractivity (Wildman–Crippen MR) is 35.1 cm³/mol. The standard InChI is InChI=1S/C5H12N2O3/c6-2-1-5(7,10)3-4(8)9/h10H,1-3,6-7H2,(H,8,9). The van der Waals surface area contributed by atoms with Crippen molar-refractivity contribution in [3.05, 3.63) is 0 Å². The second-order valence-electron chi connectivity index (χ2n) is 2.21. The van der Waals surface area contributed by atoms with Crippen molar-refractivity contribution in [1.29, 1.82) is 0 Å². The number of hydrogen-bond acceptors (Lipinski definition) is 4. The van der Waals surface area contributed by atoms with E-state index in [1.165, 1.54) is 0 Å². The average molecular weight is 148 g/mol. The Hall–Kier alpha value is -0.650. The van der Waals surface area contributed by atoms with Gasteiger partial charge in [-0.05, 0) is 6.54 Å². The van der Waals surface area contributed by atoms with E-state index in [1.807, 2.05) is 0 Å². The van der Waals surface area contributed by atoms with Gasteiger partial charge in [0.1, 0.15) is 5.72 Å². The first-order valence-electron chi connectivity index (χ1n) is 2.91. The molecule has 0 aromatic heterocycles. The number of carbonyl (C=O) groups is 1. The number of hydrogen-bond donors (Lipinski definition) is 4. The van der Waals surface area contributed by atoms with Crippen LogP contribution in [0.3, 0.4) is 0 Å². The molecule has 0 aliphatic carbocycles. The highest BCUT2D eigenvalue weighted by atomic mass is 16.4. The van der Waals surface area contributed by atoms with Gasteiger partial charge in [0.25, 0.3) is 0 Å². The van der Waals surface area contributed by atoms with Crippen molar-refractivity contribution in [2.75, 3.05) is 6.54 Å². The Bertz CT molecular complexity index is 124. The molecule has 0 saturated carbocycles. The summed E-state index contributed by atoms with van der Waals surface area (Å²) in [6.45, 7) is 0.181. The summed E-state index contributed by atoms with van der Waals surface area (Å²) in [7, 11) is 0. The molecule has 6 N–H and O–H groups in total. The molecule has 0 aliphatic rings. The van der Waals surface area contributed by atoms with E-state index < -0.39 is 18.1 Å². The van der Waals surface area contributed by atoms with Crippen molar-refractivity contribution in [2.24, 2.45) is 11.5 Å². The minimum Gasteiger partial charge on any atom is -0.481 e. The minimum absolute atomic E-state index is 0.0965. The molecule has 0 fully saturated rings. The van der Waals surface area contributed by atoms with Gasteiger partial charge in [-0.25, -0.2) is 0 Å². The number of rotatable bonds is 4. The van der Waals surface area contributed by atoms with Gasteiger partial charge in [0.2, 0.25) is 0 Å². The SMILES string of the molecule is NCCC(N)(O)CC(=O)O. The van der Waals surface area contributed by atoms with Gasteiger partial charge in [-0.1, -0.05) is 0 Å². The van der Waals surface area contributed by atoms with Crippen molar-refractivity contribution >= 4 is 5.97 Å². The number of nitrogens with two attached hydrogens (primary N) is 2. The zero-order valence-electron chi connectivity index (χ0n) is 5.58. The lowest BCUT2D eigenvalue weighted by Crippen LogP contribution is -2.43. The molecule has 5 heteroatoms. The first kappa shape index (κ1) is 9.35. The maximum absolute atomic E-state index is 10.0. The fraction of sp³-hybridized carbons (Fsp3) is 0.800. The van der Waals surface area contributed by atoms with Crippen LogP contribution in [0.4, 0.5) is 0 Å². The van der Waals surface area contributed by atoms with Gasteiger partial charge in [0.05, 0.1) is 6.42 Å². The molecule has 0 spiro atoms. The summed E-state index contributed by atoms with van der Waals surface area (Å²) in [5.74, 6) is -1.13. The normalized spacial score (nSPS) is 16.3. The quantitative estimate of drug-likeness (QED) is 0.361. The van der Waals surface area contributed by atoms with Gasteiger partial charge < -0.3 is 21.7 Å². The minimum atomic E-state index is -1.65. The summed E-state index contributed by atoms with van der Waals surface area (Å²) in [6.07, 6.45) is -0.372. The smallest absolute Gasteiger partial charge is 0.307 e. The highest BCUT2D eigenvalue weighted by Crippen LogP contribution is 2.05. The molecule has 1 unspecified atom stereocenters. The van der Waals surface area contributed by atoms with Crippen molar-refractivity contribution in [3.63, 3.8) is 0 Å². The van der Waals surface area contributed by atoms with Gasteiger partial charge in [0, 0.05) is 6.42 Å². The van der Waals surface area contributed by atoms with Crippen LogP contribution in [0.25, 0.3) is 0 Å². The second-order valence-corrected chi connectivity index (χ2v) is 2.21. The van der Waals surface area contributed by atoms with Crippen molar-refractivity contribution in [2.45, 2.75) is 18.6 Å². The molecular formula is C5H12N2O3. The van der Waals surface area contributed by atoms with Crippen LogP contribution < -0.4 is 11.5 Å². The van der Waals surface area contributed by atoms with Crippen LogP contribution in [0.5, 0.6) is 0 Å². The lowest BCUT2D eigenvalue weighted by Gasteiger charge is -2.19. The largest absolute Gasteiger partial charge is 0.481 e. The van der Waals surface area contributed by atoms with Crippen LogP contribution >= 0.6 is 0 Å². The van der Waals surface area contributed by atoms with E-state index in [1.54, 1.807) is 0 Å². The average Bonchev–Trinajstić information content (AvgIpc) is 1.59. The first-order chi connectivity index (χ1) is 4.48. The zero-order valence-corrected chi connectivity index (χ0v) is 5.58. The van der Waals surface area contributed by atoms with E-state index >= 15 is 0 Å². The molecule has 60 valence electrons. The third-order valence-electron chi connectivity index (χ3n) is 1.03. The Balaban J connectivity index is 3.74. The molecule has 0 amide bonds. The van der Waals surface area contributed by atoms with Crippen molar-refractivity contribution < 1.29 is 15.0 Å². The molecule has 0 aromatic rings. The van der Waals surface area contributed by atoms with Crippen LogP contribution in [0, 0.1) is 0 Å². The van der Waals surface area contributed by atoms with Crippen LogP contribution in [-0.2, 0) is 4.79 Å². The number of carboxylic acids is 1. The van der Waals surface area contributed by atoms with Crippen molar-refractivity contribution in [3.8, 4) is 0 Å². The molecule has 0 aliphatic heterocycles. The molecule has 0 heterocycles. The van der Waals surface area contributed by atoms with E-state index in [0.29, 0.717) is 0 Å². The zero-order chi connectivity index (χ0) is 8.20. The number of aliphatic carboxylic acids is 1. The molecule has 0 rings (SSSR count). The van der Waals surface area contributed by atoms with Crippen LogP contribution in [0.15, 0.2) is 0 Å². The Labute approximate surface area is 58.6 Å². The van der Waals surface area contributed by atoms with Crippen LogP contribution in [-0.4, -0.2) is 28.5 Å². The fourth-order valence-electron chi connectivity index (χ4n) is 0.600. The molecule has 0 bridgehead atoms. The summed E-state index contributed by atoms with van der Waals surface area (Å²) >= 11 is 0. The Morgan fingerprint density at radius 1 is 1.60 bits per heavy atom. The van der Waals surface area contributed by atoms with Crippen LogP contribution in [0.1, 0.15) is 12.8 Å². The molecule has 10 heavy (non-hydrogen) atoms. The lowest BCUT2D eigenvalue weighted by molar-refractivity contribution is -0.142. The lowest BCUT2D eigenvalue weighted by atomic mass is 10.1. The van der Waals surface area contributed by atoms with Gasteiger partial charge in [-0.3, -0.25) is 4.79 Å². The summed E-state index contributed by atoms with van der Waals surface area (Å²) in [5, 5.41) is 17.2. The third kappa shape index (κ3) is 4.25. The van der Waals surface area contributed by atoms with E-state index in [9.17, 15) is 4.79 Å². The summed E-state index contributed by atoms with van der Waals surface area (Å²) < 4.78 is 0. The highest BCUT2D eigenvalue weighted by molar-refractivity contribution is 5.67. The van der Waals surface area contributed by atoms with E-state index in [-0.39, 0.29) is 13.0 Å². The molecule has 5 nitrogen and oxygen atoms in total. The third-order valence-corrected chi connectivity index (χ3v) is 1.03. The maximum Gasteiger partial charge on any atom is 0.307 e. The van der Waals surface area contributed by atoms with E-state index in [0.717, 1.165) is 0 Å². The summed E-state index contributed by atoms with van der Waals surface area (Å²) in [5.41, 5.74) is 8.53. The molecule has 1 atom stereocenters. The topological polar surface area (TPSA) is 110 Å². The Kier molecular flexibility index (Phi) is 3.27. The van der Waals surface area contributed by atoms with Gasteiger partial charge >= 0.3 is 5.97 Å². The van der Waals surface area contributed by atoms with Crippen molar-refractivity contribution in [1.82, 2.24) is 0 Å². The van der Waals surface area contributed by atoms with Crippen LogP contribution in [0.2, 0.25) is 0 Å². The number of carboxylic acid groups (broad SMARTS) is 1.